The van der Waals surface area contributed by atoms with Crippen LogP contribution in [0.3, 0.4) is 0 Å². The Morgan fingerprint density at radius 1 is 1.43 bits per heavy atom. The summed E-state index contributed by atoms with van der Waals surface area (Å²) in [7, 11) is 1.66. The smallest absolute Gasteiger partial charge is 0.230 e. The number of ether oxygens (including phenoxy) is 1. The number of amides is 1. The number of thioether (sulfide) groups is 1. The number of carbonyl (C=O) groups is 1. The van der Waals surface area contributed by atoms with Crippen LogP contribution in [0, 0.1) is 0 Å². The van der Waals surface area contributed by atoms with E-state index in [-0.39, 0.29) is 10.7 Å². The molecule has 0 spiro atoms. The minimum absolute atomic E-state index is 0.112. The Balaban J connectivity index is 3.38. The van der Waals surface area contributed by atoms with E-state index in [9.17, 15) is 4.79 Å². The minimum atomic E-state index is 0.112. The molecule has 3 nitrogen and oxygen atoms in total. The average molecular weight is 219 g/mol. The zero-order chi connectivity index (χ0) is 11.0. The molecule has 0 atom stereocenters. The van der Waals surface area contributed by atoms with Crippen LogP contribution in [0.25, 0.3) is 0 Å². The first-order valence-electron chi connectivity index (χ1n) is 4.85. The fourth-order valence-corrected chi connectivity index (χ4v) is 1.44. The van der Waals surface area contributed by atoms with E-state index in [0.29, 0.717) is 18.9 Å². The van der Waals surface area contributed by atoms with Gasteiger partial charge < -0.3 is 10.1 Å². The van der Waals surface area contributed by atoms with Crippen LogP contribution in [0.4, 0.5) is 0 Å². The van der Waals surface area contributed by atoms with E-state index in [4.69, 9.17) is 4.74 Å². The Hall–Kier alpha value is -0.220. The normalized spacial score (nSPS) is 11.4. The van der Waals surface area contributed by atoms with Crippen molar-refractivity contribution in [1.82, 2.24) is 5.32 Å². The van der Waals surface area contributed by atoms with Gasteiger partial charge in [0.05, 0.1) is 5.75 Å². The van der Waals surface area contributed by atoms with Gasteiger partial charge in [0.15, 0.2) is 0 Å². The van der Waals surface area contributed by atoms with Gasteiger partial charge in [0.1, 0.15) is 0 Å². The summed E-state index contributed by atoms with van der Waals surface area (Å²) in [6, 6.07) is 0. The predicted octanol–water partition coefficient (Wildman–Crippen LogP) is 1.67. The summed E-state index contributed by atoms with van der Waals surface area (Å²) in [5.41, 5.74) is 0. The molecule has 0 aromatic heterocycles. The summed E-state index contributed by atoms with van der Waals surface area (Å²) in [6.07, 6.45) is 0.877. The molecular weight excluding hydrogens is 198 g/mol. The molecule has 1 amide bonds. The van der Waals surface area contributed by atoms with E-state index in [0.717, 1.165) is 6.42 Å². The summed E-state index contributed by atoms with van der Waals surface area (Å²) in [5, 5.41) is 2.85. The molecule has 4 heteroatoms. The molecule has 0 heterocycles. The van der Waals surface area contributed by atoms with Crippen LogP contribution >= 0.6 is 11.8 Å². The molecular formula is C10H21NO2S. The van der Waals surface area contributed by atoms with Gasteiger partial charge in [0, 0.05) is 25.0 Å². The van der Waals surface area contributed by atoms with Gasteiger partial charge in [-0.15, -0.1) is 11.8 Å². The lowest BCUT2D eigenvalue weighted by Gasteiger charge is -2.16. The molecule has 0 saturated carbocycles. The number of hydrogen-bond acceptors (Lipinski definition) is 3. The van der Waals surface area contributed by atoms with Gasteiger partial charge in [-0.05, 0) is 6.42 Å². The van der Waals surface area contributed by atoms with E-state index >= 15 is 0 Å². The van der Waals surface area contributed by atoms with Gasteiger partial charge in [0.25, 0.3) is 0 Å². The van der Waals surface area contributed by atoms with Crippen LogP contribution in [-0.2, 0) is 9.53 Å². The summed E-state index contributed by atoms with van der Waals surface area (Å²) in [5.74, 6) is 0.650. The van der Waals surface area contributed by atoms with E-state index in [1.807, 2.05) is 0 Å². The van der Waals surface area contributed by atoms with Gasteiger partial charge in [0.2, 0.25) is 5.91 Å². The van der Waals surface area contributed by atoms with Gasteiger partial charge in [-0.1, -0.05) is 20.8 Å². The molecule has 0 aliphatic rings. The fraction of sp³-hybridized carbons (Fsp3) is 0.900. The zero-order valence-corrected chi connectivity index (χ0v) is 10.4. The van der Waals surface area contributed by atoms with Crippen LogP contribution in [0.15, 0.2) is 0 Å². The Morgan fingerprint density at radius 3 is 2.57 bits per heavy atom. The van der Waals surface area contributed by atoms with Crippen molar-refractivity contribution in [1.29, 1.82) is 0 Å². The van der Waals surface area contributed by atoms with E-state index in [1.54, 1.807) is 18.9 Å². The number of methoxy groups -OCH3 is 1. The highest BCUT2D eigenvalue weighted by Crippen LogP contribution is 2.22. The van der Waals surface area contributed by atoms with Crippen molar-refractivity contribution in [2.24, 2.45) is 0 Å². The highest BCUT2D eigenvalue weighted by molar-refractivity contribution is 8.01. The molecule has 0 radical (unpaired) electrons. The molecule has 0 aliphatic heterocycles. The van der Waals surface area contributed by atoms with Gasteiger partial charge >= 0.3 is 0 Å². The first-order valence-corrected chi connectivity index (χ1v) is 5.84. The molecule has 1 N–H and O–H groups in total. The van der Waals surface area contributed by atoms with Crippen molar-refractivity contribution < 1.29 is 9.53 Å². The molecule has 0 aromatic carbocycles. The standard InChI is InChI=1S/C10H21NO2S/c1-10(2,3)14-8-9(12)11-6-5-7-13-4/h5-8H2,1-4H3,(H,11,12). The Kier molecular flexibility index (Phi) is 7.01. The largest absolute Gasteiger partial charge is 0.385 e. The second kappa shape index (κ2) is 7.12. The highest BCUT2D eigenvalue weighted by atomic mass is 32.2. The molecule has 0 rings (SSSR count). The quantitative estimate of drug-likeness (QED) is 0.691. The first kappa shape index (κ1) is 13.8. The van der Waals surface area contributed by atoms with Crippen molar-refractivity contribution >= 4 is 17.7 Å². The van der Waals surface area contributed by atoms with Gasteiger partial charge in [-0.25, -0.2) is 0 Å². The van der Waals surface area contributed by atoms with Crippen molar-refractivity contribution in [2.45, 2.75) is 31.9 Å². The lowest BCUT2D eigenvalue weighted by Crippen LogP contribution is -2.28. The van der Waals surface area contributed by atoms with Crippen molar-refractivity contribution in [3.8, 4) is 0 Å². The maximum Gasteiger partial charge on any atom is 0.230 e. The van der Waals surface area contributed by atoms with Crippen molar-refractivity contribution in [3.05, 3.63) is 0 Å². The maximum atomic E-state index is 11.3. The SMILES string of the molecule is COCCCNC(=O)CSC(C)(C)C. The highest BCUT2D eigenvalue weighted by Gasteiger charge is 2.12. The Morgan fingerprint density at radius 2 is 2.07 bits per heavy atom. The Bertz CT molecular complexity index is 166. The summed E-state index contributed by atoms with van der Waals surface area (Å²) in [4.78, 5) is 11.3. The molecule has 0 fully saturated rings. The molecule has 0 saturated heterocycles. The first-order chi connectivity index (χ1) is 6.45. The van der Waals surface area contributed by atoms with Crippen LogP contribution in [0.2, 0.25) is 0 Å². The Labute approximate surface area is 91.0 Å². The predicted molar refractivity (Wildman–Crippen MR) is 61.7 cm³/mol. The summed E-state index contributed by atoms with van der Waals surface area (Å²) >= 11 is 1.66. The van der Waals surface area contributed by atoms with Crippen molar-refractivity contribution in [3.63, 3.8) is 0 Å². The molecule has 0 aliphatic carbocycles. The third kappa shape index (κ3) is 9.86. The topological polar surface area (TPSA) is 38.3 Å². The van der Waals surface area contributed by atoms with Gasteiger partial charge in [-0.2, -0.15) is 0 Å². The molecule has 0 bridgehead atoms. The number of carbonyl (C=O) groups excluding carboxylic acids is 1. The zero-order valence-electron chi connectivity index (χ0n) is 9.55. The average Bonchev–Trinajstić information content (AvgIpc) is 2.08. The minimum Gasteiger partial charge on any atom is -0.385 e. The molecule has 14 heavy (non-hydrogen) atoms. The number of nitrogens with one attached hydrogen (secondary N) is 1. The van der Waals surface area contributed by atoms with Gasteiger partial charge in [-0.3, -0.25) is 4.79 Å². The number of hydrogen-bond donors (Lipinski definition) is 1. The summed E-state index contributed by atoms with van der Waals surface area (Å²) < 4.78 is 5.04. The van der Waals surface area contributed by atoms with Crippen LogP contribution < -0.4 is 5.32 Å². The monoisotopic (exact) mass is 219 g/mol. The van der Waals surface area contributed by atoms with Crippen LogP contribution in [0.5, 0.6) is 0 Å². The van der Waals surface area contributed by atoms with Crippen LogP contribution in [0.1, 0.15) is 27.2 Å². The third-order valence-corrected chi connectivity index (χ3v) is 2.76. The maximum absolute atomic E-state index is 11.3. The second-order valence-corrected chi connectivity index (χ2v) is 5.90. The lowest BCUT2D eigenvalue weighted by atomic mass is 10.3. The third-order valence-electron chi connectivity index (χ3n) is 1.48. The van der Waals surface area contributed by atoms with E-state index < -0.39 is 0 Å². The fourth-order valence-electron chi connectivity index (χ4n) is 0.777. The van der Waals surface area contributed by atoms with E-state index in [1.165, 1.54) is 0 Å². The summed E-state index contributed by atoms with van der Waals surface area (Å²) in [6.45, 7) is 7.73. The van der Waals surface area contributed by atoms with E-state index in [2.05, 4.69) is 26.1 Å². The molecule has 0 aromatic rings. The number of rotatable bonds is 6. The molecule has 84 valence electrons. The van der Waals surface area contributed by atoms with Crippen LogP contribution in [-0.4, -0.2) is 36.7 Å². The lowest BCUT2D eigenvalue weighted by molar-refractivity contribution is -0.118. The molecule has 0 unspecified atom stereocenters. The van der Waals surface area contributed by atoms with Crippen molar-refractivity contribution in [2.75, 3.05) is 26.0 Å². The second-order valence-electron chi connectivity index (χ2n) is 4.10.